The summed E-state index contributed by atoms with van der Waals surface area (Å²) in [5.74, 6) is 0. The normalized spacial score (nSPS) is 12.2. The molecule has 6 nitrogen and oxygen atoms in total. The molecule has 0 aliphatic rings. The summed E-state index contributed by atoms with van der Waals surface area (Å²) in [6, 6.07) is 0. The minimum Gasteiger partial charge on any atom is -0.387 e. The zero-order valence-electron chi connectivity index (χ0n) is 6.62. The molecule has 0 bridgehead atoms. The monoisotopic (exact) mass is 167 g/mol. The van der Waals surface area contributed by atoms with Crippen LogP contribution in [0.3, 0.4) is 0 Å². The lowest BCUT2D eigenvalue weighted by atomic mass is 10.3. The number of hydrogen-bond acceptors (Lipinski definition) is 3. The number of aliphatic hydroxyl groups is 1. The van der Waals surface area contributed by atoms with Gasteiger partial charge in [-0.3, -0.25) is 0 Å². The van der Waals surface area contributed by atoms with Gasteiger partial charge in [0, 0.05) is 18.2 Å². The Labute approximate surface area is 69.1 Å². The predicted octanol–water partition coefficient (Wildman–Crippen LogP) is 0.764. The summed E-state index contributed by atoms with van der Waals surface area (Å²) in [5, 5.41) is 12.6. The maximum absolute atomic E-state index is 9.32. The Bertz CT molecular complexity index is 301. The van der Waals surface area contributed by atoms with Gasteiger partial charge in [0.2, 0.25) is 0 Å². The maximum atomic E-state index is 9.32. The van der Waals surface area contributed by atoms with E-state index in [1.165, 1.54) is 0 Å². The average Bonchev–Trinajstić information content (AvgIpc) is 2.47. The molecule has 1 rings (SSSR count). The molecular weight excluding hydrogens is 158 g/mol. The zero-order chi connectivity index (χ0) is 8.97. The highest BCUT2D eigenvalue weighted by Gasteiger charge is 2.07. The molecule has 0 unspecified atom stereocenters. The number of aromatic nitrogens is 2. The Morgan fingerprint density at radius 3 is 3.17 bits per heavy atom. The summed E-state index contributed by atoms with van der Waals surface area (Å²) in [7, 11) is 1.80. The van der Waals surface area contributed by atoms with Gasteiger partial charge in [-0.15, -0.1) is 0 Å². The first-order chi connectivity index (χ1) is 5.74. The first-order valence-electron chi connectivity index (χ1n) is 3.41. The van der Waals surface area contributed by atoms with Crippen molar-refractivity contribution >= 4 is 0 Å². The van der Waals surface area contributed by atoms with Gasteiger partial charge in [0.05, 0.1) is 18.6 Å². The molecule has 1 aromatic heterocycles. The van der Waals surface area contributed by atoms with Crippen molar-refractivity contribution in [2.24, 2.45) is 12.2 Å². The van der Waals surface area contributed by atoms with Crippen LogP contribution in [0.1, 0.15) is 11.8 Å². The molecule has 1 atom stereocenters. The van der Waals surface area contributed by atoms with Crippen molar-refractivity contribution in [3.8, 4) is 0 Å². The van der Waals surface area contributed by atoms with Gasteiger partial charge in [-0.1, -0.05) is 5.11 Å². The molecule has 0 aliphatic carbocycles. The lowest BCUT2D eigenvalue weighted by molar-refractivity contribution is 0.182. The van der Waals surface area contributed by atoms with E-state index in [0.717, 1.165) is 0 Å². The maximum Gasteiger partial charge on any atom is 0.103 e. The van der Waals surface area contributed by atoms with Gasteiger partial charge in [-0.25, -0.2) is 4.98 Å². The number of rotatable bonds is 3. The third-order valence-corrected chi connectivity index (χ3v) is 1.38. The van der Waals surface area contributed by atoms with E-state index >= 15 is 0 Å². The van der Waals surface area contributed by atoms with Crippen LogP contribution in [0.5, 0.6) is 0 Å². The molecule has 1 aromatic rings. The number of hydrogen-bond donors (Lipinski definition) is 1. The molecule has 0 spiro atoms. The van der Waals surface area contributed by atoms with E-state index in [1.807, 2.05) is 0 Å². The molecule has 0 saturated heterocycles. The van der Waals surface area contributed by atoms with Crippen LogP contribution in [0.15, 0.2) is 17.6 Å². The average molecular weight is 167 g/mol. The fourth-order valence-electron chi connectivity index (χ4n) is 0.812. The van der Waals surface area contributed by atoms with E-state index in [9.17, 15) is 5.11 Å². The number of aryl methyl sites for hydroxylation is 1. The molecule has 12 heavy (non-hydrogen) atoms. The minimum atomic E-state index is -0.804. The smallest absolute Gasteiger partial charge is 0.103 e. The first kappa shape index (κ1) is 8.58. The second-order valence-corrected chi connectivity index (χ2v) is 2.39. The molecule has 64 valence electrons. The Kier molecular flexibility index (Phi) is 2.68. The largest absolute Gasteiger partial charge is 0.387 e. The van der Waals surface area contributed by atoms with Crippen molar-refractivity contribution in [1.82, 2.24) is 9.55 Å². The second kappa shape index (κ2) is 3.75. The molecule has 6 heteroatoms. The molecule has 0 radical (unpaired) electrons. The summed E-state index contributed by atoms with van der Waals surface area (Å²) in [6.07, 6.45) is 2.45. The van der Waals surface area contributed by atoms with Crippen molar-refractivity contribution in [2.75, 3.05) is 6.54 Å². The summed E-state index contributed by atoms with van der Waals surface area (Å²) in [5.41, 5.74) is 8.51. The number of imidazole rings is 1. The summed E-state index contributed by atoms with van der Waals surface area (Å²) >= 11 is 0. The molecule has 0 fully saturated rings. The molecule has 0 aromatic carbocycles. The van der Waals surface area contributed by atoms with Crippen LogP contribution in [0, 0.1) is 0 Å². The van der Waals surface area contributed by atoms with Gasteiger partial charge in [-0.2, -0.15) is 0 Å². The van der Waals surface area contributed by atoms with E-state index in [2.05, 4.69) is 15.0 Å². The quantitative estimate of drug-likeness (QED) is 0.409. The number of aliphatic hydroxyl groups excluding tert-OH is 1. The van der Waals surface area contributed by atoms with Crippen LogP contribution < -0.4 is 0 Å². The Hall–Kier alpha value is -1.52. The molecule has 1 N–H and O–H groups in total. The Morgan fingerprint density at radius 1 is 1.92 bits per heavy atom. The highest BCUT2D eigenvalue weighted by Crippen LogP contribution is 2.08. The van der Waals surface area contributed by atoms with Crippen molar-refractivity contribution in [3.05, 3.63) is 28.7 Å². The molecule has 0 saturated carbocycles. The van der Waals surface area contributed by atoms with Gasteiger partial charge < -0.3 is 9.67 Å². The topological polar surface area (TPSA) is 86.8 Å². The van der Waals surface area contributed by atoms with E-state index in [0.29, 0.717) is 5.69 Å². The van der Waals surface area contributed by atoms with Gasteiger partial charge in [0.1, 0.15) is 6.10 Å². The van der Waals surface area contributed by atoms with Gasteiger partial charge in [0.25, 0.3) is 0 Å². The van der Waals surface area contributed by atoms with Crippen molar-refractivity contribution in [1.29, 1.82) is 0 Å². The SMILES string of the molecule is Cn1cnc([C@@H](O)CN=[N+]=[N-])c1. The Morgan fingerprint density at radius 2 is 2.67 bits per heavy atom. The third-order valence-electron chi connectivity index (χ3n) is 1.38. The van der Waals surface area contributed by atoms with Crippen LogP contribution in [0.25, 0.3) is 10.4 Å². The standard InChI is InChI=1S/C6H9N5O/c1-11-3-5(8-4-11)6(12)2-9-10-7/h3-4,6,12H,2H2,1H3/t6-/m0/s1. The van der Waals surface area contributed by atoms with Crippen molar-refractivity contribution < 1.29 is 5.11 Å². The first-order valence-corrected chi connectivity index (χ1v) is 3.41. The number of azide groups is 1. The van der Waals surface area contributed by atoms with Gasteiger partial charge in [-0.05, 0) is 5.53 Å². The molecule has 1 heterocycles. The molecule has 0 aliphatic heterocycles. The van der Waals surface area contributed by atoms with Crippen LogP contribution in [-0.2, 0) is 7.05 Å². The number of nitrogens with zero attached hydrogens (tertiary/aromatic N) is 5. The fraction of sp³-hybridized carbons (Fsp3) is 0.500. The molecule has 0 amide bonds. The lowest BCUT2D eigenvalue weighted by Crippen LogP contribution is -2.00. The highest BCUT2D eigenvalue weighted by atomic mass is 16.3. The zero-order valence-corrected chi connectivity index (χ0v) is 6.62. The van der Waals surface area contributed by atoms with Crippen molar-refractivity contribution in [2.45, 2.75) is 6.10 Å². The van der Waals surface area contributed by atoms with E-state index in [4.69, 9.17) is 5.53 Å². The van der Waals surface area contributed by atoms with Gasteiger partial charge in [0.15, 0.2) is 0 Å². The van der Waals surface area contributed by atoms with Crippen LogP contribution in [-0.4, -0.2) is 21.2 Å². The third kappa shape index (κ3) is 1.98. The Balaban J connectivity index is 2.64. The minimum absolute atomic E-state index is 0.0213. The fourth-order valence-corrected chi connectivity index (χ4v) is 0.812. The summed E-state index contributed by atoms with van der Waals surface area (Å²) in [4.78, 5) is 6.44. The highest BCUT2D eigenvalue weighted by molar-refractivity contribution is 5.00. The summed E-state index contributed by atoms with van der Waals surface area (Å²) < 4.78 is 1.72. The van der Waals surface area contributed by atoms with Crippen LogP contribution in [0.4, 0.5) is 0 Å². The lowest BCUT2D eigenvalue weighted by Gasteiger charge is -2.00. The van der Waals surface area contributed by atoms with Gasteiger partial charge >= 0.3 is 0 Å². The van der Waals surface area contributed by atoms with E-state index < -0.39 is 6.10 Å². The second-order valence-electron chi connectivity index (χ2n) is 2.39. The molecular formula is C6H9N5O. The predicted molar refractivity (Wildman–Crippen MR) is 42.2 cm³/mol. The van der Waals surface area contributed by atoms with Crippen LogP contribution in [0.2, 0.25) is 0 Å². The van der Waals surface area contributed by atoms with Crippen molar-refractivity contribution in [3.63, 3.8) is 0 Å². The van der Waals surface area contributed by atoms with Crippen LogP contribution >= 0.6 is 0 Å². The summed E-state index contributed by atoms with van der Waals surface area (Å²) in [6.45, 7) is 0.0213. The van der Waals surface area contributed by atoms with E-state index in [-0.39, 0.29) is 6.54 Å². The van der Waals surface area contributed by atoms with E-state index in [1.54, 1.807) is 24.1 Å².